The van der Waals surface area contributed by atoms with Crippen LogP contribution >= 0.6 is 15.9 Å². The van der Waals surface area contributed by atoms with E-state index in [1.807, 2.05) is 57.2 Å². The molecule has 134 valence electrons. The minimum Gasteiger partial charge on any atom is -0.490 e. The molecule has 5 nitrogen and oxygen atoms in total. The van der Waals surface area contributed by atoms with Crippen LogP contribution in [0.4, 0.5) is 0 Å². The molecule has 0 saturated carbocycles. The molecule has 0 N–H and O–H groups in total. The van der Waals surface area contributed by atoms with Gasteiger partial charge in [0, 0.05) is 16.5 Å². The molecule has 0 aliphatic rings. The van der Waals surface area contributed by atoms with E-state index in [4.69, 9.17) is 4.74 Å². The lowest BCUT2D eigenvalue weighted by atomic mass is 10.2. The van der Waals surface area contributed by atoms with Crippen LogP contribution in [0.3, 0.4) is 0 Å². The fourth-order valence-electron chi connectivity index (χ4n) is 2.61. The molecule has 2 aromatic carbocycles. The van der Waals surface area contributed by atoms with E-state index in [2.05, 4.69) is 26.0 Å². The number of aromatic nitrogens is 2. The molecule has 0 spiro atoms. The van der Waals surface area contributed by atoms with Crippen LogP contribution in [-0.2, 0) is 6.42 Å². The van der Waals surface area contributed by atoms with Crippen LogP contribution in [0.1, 0.15) is 32.2 Å². The first-order valence-electron chi connectivity index (χ1n) is 8.50. The van der Waals surface area contributed by atoms with E-state index in [-0.39, 0.29) is 11.7 Å². The number of hydrogen-bond acceptors (Lipinski definition) is 4. The van der Waals surface area contributed by atoms with Gasteiger partial charge in [-0.15, -0.1) is 0 Å². The van der Waals surface area contributed by atoms with Gasteiger partial charge in [-0.25, -0.2) is 4.98 Å². The summed E-state index contributed by atoms with van der Waals surface area (Å²) in [7, 11) is 0. The summed E-state index contributed by atoms with van der Waals surface area (Å²) in [5.41, 5.74) is 1.29. The van der Waals surface area contributed by atoms with Crippen molar-refractivity contribution in [2.24, 2.45) is 5.10 Å². The van der Waals surface area contributed by atoms with Gasteiger partial charge in [0.05, 0.1) is 23.2 Å². The Balaban J connectivity index is 2.10. The van der Waals surface area contributed by atoms with Gasteiger partial charge in [-0.3, -0.25) is 4.79 Å². The summed E-state index contributed by atoms with van der Waals surface area (Å²) in [5.74, 6) is 1.34. The second-order valence-corrected chi connectivity index (χ2v) is 7.02. The van der Waals surface area contributed by atoms with Gasteiger partial charge in [0.25, 0.3) is 5.56 Å². The average molecular weight is 414 g/mol. The maximum absolute atomic E-state index is 12.9. The summed E-state index contributed by atoms with van der Waals surface area (Å²) in [4.78, 5) is 17.5. The first-order valence-corrected chi connectivity index (χ1v) is 9.30. The summed E-state index contributed by atoms with van der Waals surface area (Å²) in [5, 5.41) is 4.94. The lowest BCUT2D eigenvalue weighted by Crippen LogP contribution is -2.22. The molecule has 0 fully saturated rings. The van der Waals surface area contributed by atoms with Gasteiger partial charge in [0.2, 0.25) is 0 Å². The Labute approximate surface area is 160 Å². The first-order chi connectivity index (χ1) is 12.5. The van der Waals surface area contributed by atoms with Crippen LogP contribution in [0.5, 0.6) is 5.75 Å². The van der Waals surface area contributed by atoms with Crippen molar-refractivity contribution in [3.05, 3.63) is 68.7 Å². The number of rotatable bonds is 5. The standard InChI is InChI=1S/C20H20BrN3O2/c1-4-19-23-17-10-9-15(21)11-16(17)20(25)24(19)22-12-14-7-5-6-8-18(14)26-13(2)3/h5-13H,4H2,1-3H3. The Morgan fingerprint density at radius 2 is 2.04 bits per heavy atom. The quantitative estimate of drug-likeness (QED) is 0.582. The minimum absolute atomic E-state index is 0.0539. The van der Waals surface area contributed by atoms with Crippen molar-refractivity contribution in [1.82, 2.24) is 9.66 Å². The zero-order valence-corrected chi connectivity index (χ0v) is 16.5. The van der Waals surface area contributed by atoms with Gasteiger partial charge in [-0.2, -0.15) is 9.78 Å². The topological polar surface area (TPSA) is 56.5 Å². The molecule has 26 heavy (non-hydrogen) atoms. The van der Waals surface area contributed by atoms with Gasteiger partial charge >= 0.3 is 0 Å². The van der Waals surface area contributed by atoms with Crippen molar-refractivity contribution in [1.29, 1.82) is 0 Å². The number of benzene rings is 2. The molecular formula is C20H20BrN3O2. The molecule has 1 heterocycles. The van der Waals surface area contributed by atoms with Crippen LogP contribution < -0.4 is 10.3 Å². The Kier molecular flexibility index (Phi) is 5.52. The molecule has 6 heteroatoms. The molecule has 0 atom stereocenters. The summed E-state index contributed by atoms with van der Waals surface area (Å²) in [6.07, 6.45) is 2.30. The molecule has 3 rings (SSSR count). The van der Waals surface area contributed by atoms with Gasteiger partial charge in [-0.05, 0) is 44.2 Å². The maximum atomic E-state index is 12.9. The monoisotopic (exact) mass is 413 g/mol. The number of nitrogens with zero attached hydrogens (tertiary/aromatic N) is 3. The van der Waals surface area contributed by atoms with Crippen molar-refractivity contribution in [3.8, 4) is 5.75 Å². The van der Waals surface area contributed by atoms with Crippen LogP contribution in [0.2, 0.25) is 0 Å². The molecule has 0 aliphatic carbocycles. The van der Waals surface area contributed by atoms with Gasteiger partial charge in [-0.1, -0.05) is 35.0 Å². The lowest BCUT2D eigenvalue weighted by Gasteiger charge is -2.12. The molecule has 3 aromatic rings. The third-order valence-electron chi connectivity index (χ3n) is 3.79. The molecule has 0 bridgehead atoms. The van der Waals surface area contributed by atoms with Crippen LogP contribution in [0.25, 0.3) is 10.9 Å². The van der Waals surface area contributed by atoms with E-state index >= 15 is 0 Å². The highest BCUT2D eigenvalue weighted by molar-refractivity contribution is 9.10. The number of halogens is 1. The van der Waals surface area contributed by atoms with E-state index in [1.54, 1.807) is 12.3 Å². The minimum atomic E-state index is -0.188. The van der Waals surface area contributed by atoms with E-state index in [1.165, 1.54) is 4.68 Å². The van der Waals surface area contributed by atoms with Crippen molar-refractivity contribution in [2.75, 3.05) is 0 Å². The van der Waals surface area contributed by atoms with Crippen molar-refractivity contribution < 1.29 is 4.74 Å². The van der Waals surface area contributed by atoms with Gasteiger partial charge < -0.3 is 4.74 Å². The van der Waals surface area contributed by atoms with E-state index < -0.39 is 0 Å². The highest BCUT2D eigenvalue weighted by Gasteiger charge is 2.10. The second kappa shape index (κ2) is 7.83. The summed E-state index contributed by atoms with van der Waals surface area (Å²) < 4.78 is 8.00. The second-order valence-electron chi connectivity index (χ2n) is 6.11. The summed E-state index contributed by atoms with van der Waals surface area (Å²) >= 11 is 3.40. The third kappa shape index (κ3) is 3.85. The normalized spacial score (nSPS) is 11.6. The Morgan fingerprint density at radius 1 is 1.27 bits per heavy atom. The Morgan fingerprint density at radius 3 is 2.77 bits per heavy atom. The van der Waals surface area contributed by atoms with Crippen LogP contribution in [0.15, 0.2) is 56.8 Å². The molecule has 0 unspecified atom stereocenters. The number of hydrogen-bond donors (Lipinski definition) is 0. The molecule has 0 aliphatic heterocycles. The zero-order valence-electron chi connectivity index (χ0n) is 14.9. The molecule has 0 amide bonds. The summed E-state index contributed by atoms with van der Waals surface area (Å²) in [6.45, 7) is 5.89. The van der Waals surface area contributed by atoms with Crippen molar-refractivity contribution in [3.63, 3.8) is 0 Å². The van der Waals surface area contributed by atoms with Crippen molar-refractivity contribution >= 4 is 33.0 Å². The lowest BCUT2D eigenvalue weighted by molar-refractivity contribution is 0.242. The molecular weight excluding hydrogens is 394 g/mol. The fraction of sp³-hybridized carbons (Fsp3) is 0.250. The van der Waals surface area contributed by atoms with Gasteiger partial charge in [0.1, 0.15) is 11.6 Å². The molecule has 0 saturated heterocycles. The fourth-order valence-corrected chi connectivity index (χ4v) is 2.97. The Bertz CT molecular complexity index is 1030. The number of ether oxygens (including phenoxy) is 1. The third-order valence-corrected chi connectivity index (χ3v) is 4.28. The largest absolute Gasteiger partial charge is 0.490 e. The number of para-hydroxylation sites is 1. The van der Waals surface area contributed by atoms with E-state index in [0.717, 1.165) is 15.8 Å². The maximum Gasteiger partial charge on any atom is 0.282 e. The highest BCUT2D eigenvalue weighted by Crippen LogP contribution is 2.18. The molecule has 0 radical (unpaired) electrons. The summed E-state index contributed by atoms with van der Waals surface area (Å²) in [6, 6.07) is 13.1. The van der Waals surface area contributed by atoms with Crippen molar-refractivity contribution in [2.45, 2.75) is 33.3 Å². The molecule has 1 aromatic heterocycles. The number of fused-ring (bicyclic) bond motifs is 1. The first kappa shape index (κ1) is 18.3. The highest BCUT2D eigenvalue weighted by atomic mass is 79.9. The van der Waals surface area contributed by atoms with E-state index in [9.17, 15) is 4.79 Å². The predicted octanol–water partition coefficient (Wildman–Crippen LogP) is 4.39. The van der Waals surface area contributed by atoms with E-state index in [0.29, 0.717) is 23.1 Å². The predicted molar refractivity (Wildman–Crippen MR) is 108 cm³/mol. The SMILES string of the molecule is CCc1nc2ccc(Br)cc2c(=O)n1N=Cc1ccccc1OC(C)C. The average Bonchev–Trinajstić information content (AvgIpc) is 2.62. The van der Waals surface area contributed by atoms with Crippen LogP contribution in [0, 0.1) is 0 Å². The zero-order chi connectivity index (χ0) is 18.7. The van der Waals surface area contributed by atoms with Crippen LogP contribution in [-0.4, -0.2) is 22.0 Å². The Hall–Kier alpha value is -2.47. The number of aryl methyl sites for hydroxylation is 1. The van der Waals surface area contributed by atoms with Gasteiger partial charge in [0.15, 0.2) is 0 Å². The smallest absolute Gasteiger partial charge is 0.282 e.